The van der Waals surface area contributed by atoms with Crippen molar-refractivity contribution in [2.45, 2.75) is 44.6 Å². The highest BCUT2D eigenvalue weighted by Crippen LogP contribution is 2.24. The molecule has 1 aliphatic heterocycles. The molecular formula is C17H25FN2O3S. The summed E-state index contributed by atoms with van der Waals surface area (Å²) in [7, 11) is -3.70. The van der Waals surface area contributed by atoms with Gasteiger partial charge in [-0.25, -0.2) is 12.8 Å². The van der Waals surface area contributed by atoms with E-state index in [1.54, 1.807) is 0 Å². The van der Waals surface area contributed by atoms with Gasteiger partial charge in [-0.1, -0.05) is 13.8 Å². The standard InChI is InChI=1S/C17H25FN2O3S/c1-12(2)13(3)19-17(21)14-5-4-10-20(11-14)24(22,23)16-8-6-15(18)7-9-16/h6-9,12-14H,4-5,10-11H2,1-3H3,(H,19,21)/t13-,14-/m1/s1. The van der Waals surface area contributed by atoms with E-state index >= 15 is 0 Å². The number of piperidine rings is 1. The van der Waals surface area contributed by atoms with Gasteiger partial charge in [0.25, 0.3) is 0 Å². The summed E-state index contributed by atoms with van der Waals surface area (Å²) in [6.07, 6.45) is 1.31. The number of halogens is 1. The molecule has 24 heavy (non-hydrogen) atoms. The molecule has 2 rings (SSSR count). The SMILES string of the molecule is CC(C)[C@@H](C)NC(=O)[C@@H]1CCCN(S(=O)(=O)c2ccc(F)cc2)C1. The summed E-state index contributed by atoms with van der Waals surface area (Å²) >= 11 is 0. The molecule has 0 aromatic heterocycles. The summed E-state index contributed by atoms with van der Waals surface area (Å²) in [6.45, 7) is 6.53. The normalized spacial score (nSPS) is 20.8. The lowest BCUT2D eigenvalue weighted by atomic mass is 9.97. The van der Waals surface area contributed by atoms with E-state index in [-0.39, 0.29) is 29.3 Å². The van der Waals surface area contributed by atoms with Crippen molar-refractivity contribution in [1.29, 1.82) is 0 Å². The summed E-state index contributed by atoms with van der Waals surface area (Å²) in [5.74, 6) is -0.616. The van der Waals surface area contributed by atoms with Crippen molar-refractivity contribution >= 4 is 15.9 Å². The first-order chi connectivity index (χ1) is 11.2. The topological polar surface area (TPSA) is 66.5 Å². The quantitative estimate of drug-likeness (QED) is 0.881. The third kappa shape index (κ3) is 4.33. The van der Waals surface area contributed by atoms with Crippen molar-refractivity contribution in [3.63, 3.8) is 0 Å². The van der Waals surface area contributed by atoms with Crippen LogP contribution in [0, 0.1) is 17.7 Å². The first-order valence-corrected chi connectivity index (χ1v) is 9.72. The first kappa shape index (κ1) is 18.9. The summed E-state index contributed by atoms with van der Waals surface area (Å²) in [5, 5.41) is 2.96. The fraction of sp³-hybridized carbons (Fsp3) is 0.588. The number of rotatable bonds is 5. The molecule has 1 aliphatic rings. The van der Waals surface area contributed by atoms with Crippen molar-refractivity contribution < 1.29 is 17.6 Å². The average molecular weight is 356 g/mol. The van der Waals surface area contributed by atoms with Gasteiger partial charge >= 0.3 is 0 Å². The summed E-state index contributed by atoms with van der Waals surface area (Å²) in [4.78, 5) is 12.4. The molecule has 1 aromatic rings. The Morgan fingerprint density at radius 3 is 2.46 bits per heavy atom. The Balaban J connectivity index is 2.09. The Kier molecular flexibility index (Phi) is 5.98. The van der Waals surface area contributed by atoms with Gasteiger partial charge in [0, 0.05) is 19.1 Å². The van der Waals surface area contributed by atoms with Crippen molar-refractivity contribution in [2.75, 3.05) is 13.1 Å². The Labute approximate surface area is 143 Å². The zero-order valence-electron chi connectivity index (χ0n) is 14.3. The highest BCUT2D eigenvalue weighted by molar-refractivity contribution is 7.89. The summed E-state index contributed by atoms with van der Waals surface area (Å²) in [5.41, 5.74) is 0. The molecule has 7 heteroatoms. The second kappa shape index (κ2) is 7.61. The molecule has 0 aliphatic carbocycles. The predicted octanol–water partition coefficient (Wildman–Crippen LogP) is 2.39. The average Bonchev–Trinajstić information content (AvgIpc) is 2.55. The maximum absolute atomic E-state index is 13.0. The highest BCUT2D eigenvalue weighted by atomic mass is 32.2. The van der Waals surface area contributed by atoms with Crippen LogP contribution in [0.2, 0.25) is 0 Å². The number of sulfonamides is 1. The predicted molar refractivity (Wildman–Crippen MR) is 90.3 cm³/mol. The minimum atomic E-state index is -3.70. The third-order valence-electron chi connectivity index (χ3n) is 4.58. The molecule has 1 aromatic carbocycles. The number of hydrogen-bond donors (Lipinski definition) is 1. The van der Waals surface area contributed by atoms with Crippen LogP contribution in [0.4, 0.5) is 4.39 Å². The van der Waals surface area contributed by atoms with Crippen LogP contribution in [0.1, 0.15) is 33.6 Å². The number of amides is 1. The summed E-state index contributed by atoms with van der Waals surface area (Å²) in [6, 6.07) is 4.82. The van der Waals surface area contributed by atoms with Gasteiger partial charge in [-0.2, -0.15) is 4.31 Å². The minimum Gasteiger partial charge on any atom is -0.353 e. The number of carbonyl (C=O) groups is 1. The van der Waals surface area contributed by atoms with Crippen LogP contribution >= 0.6 is 0 Å². The van der Waals surface area contributed by atoms with Gasteiger partial charge in [0.1, 0.15) is 5.82 Å². The van der Waals surface area contributed by atoms with Crippen molar-refractivity contribution in [2.24, 2.45) is 11.8 Å². The van der Waals surface area contributed by atoms with Gasteiger partial charge in [-0.15, -0.1) is 0 Å². The van der Waals surface area contributed by atoms with Crippen LogP contribution in [0.25, 0.3) is 0 Å². The van der Waals surface area contributed by atoms with E-state index in [4.69, 9.17) is 0 Å². The van der Waals surface area contributed by atoms with Gasteiger partial charge in [0.2, 0.25) is 15.9 Å². The minimum absolute atomic E-state index is 0.0431. The lowest BCUT2D eigenvalue weighted by Crippen LogP contribution is -2.47. The third-order valence-corrected chi connectivity index (χ3v) is 6.46. The molecule has 0 saturated carbocycles. The van der Waals surface area contributed by atoms with Crippen LogP contribution in [-0.2, 0) is 14.8 Å². The Morgan fingerprint density at radius 1 is 1.25 bits per heavy atom. The summed E-state index contributed by atoms with van der Waals surface area (Å²) < 4.78 is 39.7. The molecule has 134 valence electrons. The maximum Gasteiger partial charge on any atom is 0.243 e. The number of nitrogens with zero attached hydrogens (tertiary/aromatic N) is 1. The van der Waals surface area contributed by atoms with Gasteiger partial charge < -0.3 is 5.32 Å². The van der Waals surface area contributed by atoms with Crippen molar-refractivity contribution in [3.05, 3.63) is 30.1 Å². The molecular weight excluding hydrogens is 331 g/mol. The smallest absolute Gasteiger partial charge is 0.243 e. The van der Waals surface area contributed by atoms with E-state index in [9.17, 15) is 17.6 Å². The maximum atomic E-state index is 13.0. The van der Waals surface area contributed by atoms with Crippen molar-refractivity contribution in [1.82, 2.24) is 9.62 Å². The Hall–Kier alpha value is -1.47. The van der Waals surface area contributed by atoms with Crippen LogP contribution in [0.5, 0.6) is 0 Å². The Morgan fingerprint density at radius 2 is 1.88 bits per heavy atom. The zero-order chi connectivity index (χ0) is 17.9. The molecule has 1 heterocycles. The van der Waals surface area contributed by atoms with E-state index in [0.717, 1.165) is 12.1 Å². The van der Waals surface area contributed by atoms with Gasteiger partial charge in [0.05, 0.1) is 10.8 Å². The molecule has 1 saturated heterocycles. The molecule has 1 fully saturated rings. The zero-order valence-corrected chi connectivity index (χ0v) is 15.1. The van der Waals surface area contributed by atoms with E-state index in [2.05, 4.69) is 5.32 Å². The lowest BCUT2D eigenvalue weighted by Gasteiger charge is -2.32. The second-order valence-corrected chi connectivity index (χ2v) is 8.64. The Bertz CT molecular complexity index is 674. The van der Waals surface area contributed by atoms with Gasteiger partial charge in [0.15, 0.2) is 0 Å². The fourth-order valence-electron chi connectivity index (χ4n) is 2.64. The lowest BCUT2D eigenvalue weighted by molar-refractivity contribution is -0.127. The second-order valence-electron chi connectivity index (χ2n) is 6.70. The molecule has 5 nitrogen and oxygen atoms in total. The molecule has 1 N–H and O–H groups in total. The van der Waals surface area contributed by atoms with E-state index < -0.39 is 15.8 Å². The van der Waals surface area contributed by atoms with E-state index in [0.29, 0.717) is 25.3 Å². The van der Waals surface area contributed by atoms with Gasteiger partial charge in [-0.3, -0.25) is 4.79 Å². The fourth-order valence-corrected chi connectivity index (χ4v) is 4.16. The highest BCUT2D eigenvalue weighted by Gasteiger charge is 2.33. The molecule has 0 bridgehead atoms. The molecule has 1 amide bonds. The van der Waals surface area contributed by atoms with Crippen LogP contribution in [-0.4, -0.2) is 37.8 Å². The van der Waals surface area contributed by atoms with Crippen molar-refractivity contribution in [3.8, 4) is 0 Å². The van der Waals surface area contributed by atoms with Crippen LogP contribution in [0.3, 0.4) is 0 Å². The van der Waals surface area contributed by atoms with E-state index in [1.165, 1.54) is 16.4 Å². The van der Waals surface area contributed by atoms with Crippen LogP contribution in [0.15, 0.2) is 29.2 Å². The monoisotopic (exact) mass is 356 g/mol. The molecule has 0 unspecified atom stereocenters. The van der Waals surface area contributed by atoms with Crippen LogP contribution < -0.4 is 5.32 Å². The number of carbonyl (C=O) groups excluding carboxylic acids is 1. The largest absolute Gasteiger partial charge is 0.353 e. The molecule has 0 spiro atoms. The molecule has 2 atom stereocenters. The number of benzene rings is 1. The number of hydrogen-bond acceptors (Lipinski definition) is 3. The van der Waals surface area contributed by atoms with E-state index in [1.807, 2.05) is 20.8 Å². The van der Waals surface area contributed by atoms with Gasteiger partial charge in [-0.05, 0) is 49.9 Å². The first-order valence-electron chi connectivity index (χ1n) is 8.28. The number of nitrogens with one attached hydrogen (secondary N) is 1. The molecule has 0 radical (unpaired) electrons.